The van der Waals surface area contributed by atoms with E-state index >= 15 is 0 Å². The topological polar surface area (TPSA) is 71.3 Å². The summed E-state index contributed by atoms with van der Waals surface area (Å²) >= 11 is 0. The molecule has 1 aliphatic heterocycles. The van der Waals surface area contributed by atoms with Crippen LogP contribution in [0.25, 0.3) is 0 Å². The molecule has 1 atom stereocenters. The Bertz CT molecular complexity index is 799. The summed E-state index contributed by atoms with van der Waals surface area (Å²) in [7, 11) is 1.87. The largest absolute Gasteiger partial charge is 0.337 e. The Morgan fingerprint density at radius 3 is 2.81 bits per heavy atom. The molecule has 2 amide bonds. The van der Waals surface area contributed by atoms with E-state index in [1.54, 1.807) is 28.2 Å². The maximum absolute atomic E-state index is 13.1. The molecule has 7 heteroatoms. The van der Waals surface area contributed by atoms with Crippen LogP contribution < -0.4 is 0 Å². The number of likely N-dealkylation sites (tertiary alicyclic amines) is 1. The summed E-state index contributed by atoms with van der Waals surface area (Å²) in [6.45, 7) is 1.58. The molecule has 1 aliphatic carbocycles. The van der Waals surface area contributed by atoms with Crippen molar-refractivity contribution in [2.75, 3.05) is 6.54 Å². The maximum atomic E-state index is 13.1. The number of pyridine rings is 1. The number of aromatic nitrogens is 3. The van der Waals surface area contributed by atoms with Crippen LogP contribution in [-0.4, -0.2) is 49.0 Å². The predicted molar refractivity (Wildman–Crippen MR) is 94.5 cm³/mol. The molecule has 7 nitrogen and oxygen atoms in total. The molecule has 1 saturated heterocycles. The van der Waals surface area contributed by atoms with Crippen LogP contribution in [0, 0.1) is 5.92 Å². The van der Waals surface area contributed by atoms with Gasteiger partial charge in [0.1, 0.15) is 0 Å². The van der Waals surface area contributed by atoms with Crippen LogP contribution in [0.4, 0.5) is 0 Å². The van der Waals surface area contributed by atoms with Crippen molar-refractivity contribution < 1.29 is 9.59 Å². The molecule has 2 aromatic heterocycles. The van der Waals surface area contributed by atoms with Crippen LogP contribution in [0.5, 0.6) is 0 Å². The van der Waals surface area contributed by atoms with Gasteiger partial charge in [0.2, 0.25) is 11.8 Å². The molecule has 0 spiro atoms. The number of aryl methyl sites for hydroxylation is 1. The molecule has 2 fully saturated rings. The van der Waals surface area contributed by atoms with E-state index in [2.05, 4.69) is 10.1 Å². The van der Waals surface area contributed by atoms with Crippen molar-refractivity contribution in [2.45, 2.75) is 38.4 Å². The molecule has 0 aromatic carbocycles. The van der Waals surface area contributed by atoms with Crippen LogP contribution in [0.15, 0.2) is 36.9 Å². The third-order valence-corrected chi connectivity index (χ3v) is 5.04. The molecular weight excluding hydrogens is 330 g/mol. The Balaban J connectivity index is 1.42. The molecule has 2 aromatic rings. The van der Waals surface area contributed by atoms with Crippen molar-refractivity contribution in [3.05, 3.63) is 48.0 Å². The first-order valence-corrected chi connectivity index (χ1v) is 9.05. The van der Waals surface area contributed by atoms with Gasteiger partial charge in [-0.05, 0) is 24.5 Å². The zero-order valence-corrected chi connectivity index (χ0v) is 14.9. The molecule has 0 N–H and O–H groups in total. The second-order valence-electron chi connectivity index (χ2n) is 7.26. The molecule has 2 aliphatic rings. The zero-order chi connectivity index (χ0) is 18.1. The van der Waals surface area contributed by atoms with Crippen molar-refractivity contribution >= 4 is 11.8 Å². The number of nitrogens with zero attached hydrogens (tertiary/aromatic N) is 5. The van der Waals surface area contributed by atoms with Gasteiger partial charge >= 0.3 is 0 Å². The van der Waals surface area contributed by atoms with Gasteiger partial charge in [0.15, 0.2) is 0 Å². The third kappa shape index (κ3) is 3.61. The lowest BCUT2D eigenvalue weighted by atomic mass is 10.1. The minimum Gasteiger partial charge on any atom is -0.337 e. The summed E-state index contributed by atoms with van der Waals surface area (Å²) < 4.78 is 1.75. The molecular formula is C19H23N5O2. The lowest BCUT2D eigenvalue weighted by molar-refractivity contribution is -0.137. The second-order valence-corrected chi connectivity index (χ2v) is 7.26. The van der Waals surface area contributed by atoms with E-state index in [0.717, 1.165) is 24.0 Å². The number of hydrogen-bond donors (Lipinski definition) is 0. The first kappa shape index (κ1) is 16.8. The van der Waals surface area contributed by atoms with E-state index < -0.39 is 0 Å². The molecule has 4 rings (SSSR count). The van der Waals surface area contributed by atoms with Gasteiger partial charge in [0, 0.05) is 63.3 Å². The maximum Gasteiger partial charge on any atom is 0.228 e. The smallest absolute Gasteiger partial charge is 0.228 e. The monoisotopic (exact) mass is 353 g/mol. The van der Waals surface area contributed by atoms with Crippen molar-refractivity contribution in [3.8, 4) is 0 Å². The number of carbonyl (C=O) groups is 2. The van der Waals surface area contributed by atoms with Crippen LogP contribution >= 0.6 is 0 Å². The highest BCUT2D eigenvalue weighted by Gasteiger charge is 2.41. The molecule has 136 valence electrons. The van der Waals surface area contributed by atoms with E-state index in [-0.39, 0.29) is 17.7 Å². The van der Waals surface area contributed by atoms with E-state index in [9.17, 15) is 9.59 Å². The van der Waals surface area contributed by atoms with Gasteiger partial charge in [0.25, 0.3) is 0 Å². The number of carbonyl (C=O) groups excluding carboxylic acids is 2. The summed E-state index contributed by atoms with van der Waals surface area (Å²) in [6, 6.07) is 4.13. The van der Waals surface area contributed by atoms with E-state index in [0.29, 0.717) is 32.1 Å². The van der Waals surface area contributed by atoms with Crippen molar-refractivity contribution in [3.63, 3.8) is 0 Å². The number of amides is 2. The number of rotatable bonds is 6. The minimum atomic E-state index is -0.253. The Kier molecular flexibility index (Phi) is 4.44. The summed E-state index contributed by atoms with van der Waals surface area (Å²) in [4.78, 5) is 33.3. The minimum absolute atomic E-state index is 0.0457. The number of hydrogen-bond acceptors (Lipinski definition) is 4. The Hall–Kier alpha value is -2.70. The molecule has 1 saturated carbocycles. The fraction of sp³-hybridized carbons (Fsp3) is 0.474. The van der Waals surface area contributed by atoms with Gasteiger partial charge in [-0.15, -0.1) is 0 Å². The average molecular weight is 353 g/mol. The SMILES string of the molecule is Cn1cc(CN(C(=O)C2CC(=O)N(Cc3cccnc3)C2)C2CC2)cn1. The molecule has 0 radical (unpaired) electrons. The average Bonchev–Trinajstić information content (AvgIpc) is 3.30. The zero-order valence-electron chi connectivity index (χ0n) is 14.9. The first-order chi connectivity index (χ1) is 12.6. The standard InChI is InChI=1S/C19H23N5O2/c1-22-10-15(9-21-22)12-24(17-4-5-17)19(26)16-7-18(25)23(13-16)11-14-3-2-6-20-8-14/h2-3,6,8-10,16-17H,4-5,7,11-13H2,1H3. The molecule has 26 heavy (non-hydrogen) atoms. The highest BCUT2D eigenvalue weighted by Crippen LogP contribution is 2.32. The van der Waals surface area contributed by atoms with Gasteiger partial charge in [0.05, 0.1) is 12.1 Å². The van der Waals surface area contributed by atoms with Gasteiger partial charge in [-0.1, -0.05) is 6.07 Å². The second kappa shape index (κ2) is 6.90. The summed E-state index contributed by atoms with van der Waals surface area (Å²) in [5, 5.41) is 4.19. The highest BCUT2D eigenvalue weighted by molar-refractivity contribution is 5.89. The summed E-state index contributed by atoms with van der Waals surface area (Å²) in [5.41, 5.74) is 2.02. The molecule has 1 unspecified atom stereocenters. The van der Waals surface area contributed by atoms with Crippen LogP contribution in [-0.2, 0) is 29.7 Å². The van der Waals surface area contributed by atoms with Crippen LogP contribution in [0.2, 0.25) is 0 Å². The lowest BCUT2D eigenvalue weighted by Gasteiger charge is -2.25. The third-order valence-electron chi connectivity index (χ3n) is 5.04. The fourth-order valence-electron chi connectivity index (χ4n) is 3.56. The van der Waals surface area contributed by atoms with Gasteiger partial charge in [-0.25, -0.2) is 0 Å². The van der Waals surface area contributed by atoms with E-state index in [1.807, 2.05) is 30.3 Å². The summed E-state index contributed by atoms with van der Waals surface area (Å²) in [5.74, 6) is -0.112. The lowest BCUT2D eigenvalue weighted by Crippen LogP contribution is -2.38. The van der Waals surface area contributed by atoms with Crippen molar-refractivity contribution in [2.24, 2.45) is 13.0 Å². The van der Waals surface area contributed by atoms with E-state index in [4.69, 9.17) is 0 Å². The van der Waals surface area contributed by atoms with Crippen molar-refractivity contribution in [1.82, 2.24) is 24.6 Å². The quantitative estimate of drug-likeness (QED) is 0.786. The van der Waals surface area contributed by atoms with Gasteiger partial charge < -0.3 is 9.80 Å². The fourth-order valence-corrected chi connectivity index (χ4v) is 3.56. The van der Waals surface area contributed by atoms with Gasteiger partial charge in [-0.2, -0.15) is 5.10 Å². The molecule has 0 bridgehead atoms. The van der Waals surface area contributed by atoms with Crippen LogP contribution in [0.1, 0.15) is 30.4 Å². The predicted octanol–water partition coefficient (Wildman–Crippen LogP) is 1.35. The Morgan fingerprint density at radius 1 is 1.31 bits per heavy atom. The Labute approximate surface area is 152 Å². The Morgan fingerprint density at radius 2 is 2.15 bits per heavy atom. The van der Waals surface area contributed by atoms with Crippen LogP contribution in [0.3, 0.4) is 0 Å². The van der Waals surface area contributed by atoms with E-state index in [1.165, 1.54) is 0 Å². The van der Waals surface area contributed by atoms with Gasteiger partial charge in [-0.3, -0.25) is 19.3 Å². The normalized spacial score (nSPS) is 19.8. The first-order valence-electron chi connectivity index (χ1n) is 9.05. The highest BCUT2D eigenvalue weighted by atomic mass is 16.2. The summed E-state index contributed by atoms with van der Waals surface area (Å²) in [6.07, 6.45) is 9.62. The van der Waals surface area contributed by atoms with Crippen molar-refractivity contribution in [1.29, 1.82) is 0 Å². The molecule has 3 heterocycles.